The highest BCUT2D eigenvalue weighted by atomic mass is 32.2. The number of anilines is 1. The van der Waals surface area contributed by atoms with E-state index in [2.05, 4.69) is 67.7 Å². The van der Waals surface area contributed by atoms with E-state index >= 15 is 0 Å². The number of rotatable bonds is 7. The highest BCUT2D eigenvalue weighted by Crippen LogP contribution is 2.27. The van der Waals surface area contributed by atoms with Gasteiger partial charge in [0, 0.05) is 11.3 Å². The van der Waals surface area contributed by atoms with Gasteiger partial charge in [0.05, 0.1) is 11.9 Å². The molecule has 0 unspecified atom stereocenters. The van der Waals surface area contributed by atoms with Crippen molar-refractivity contribution in [3.05, 3.63) is 89.7 Å². The van der Waals surface area contributed by atoms with E-state index in [1.165, 1.54) is 52.6 Å². The number of halogens is 3. The van der Waals surface area contributed by atoms with Crippen LogP contribution < -0.4 is 15.5 Å². The van der Waals surface area contributed by atoms with Crippen molar-refractivity contribution >= 4 is 46.2 Å². The zero-order chi connectivity index (χ0) is 30.3. The highest BCUT2D eigenvalue weighted by Gasteiger charge is 2.31. The van der Waals surface area contributed by atoms with Gasteiger partial charge >= 0.3 is 6.36 Å². The lowest BCUT2D eigenvalue weighted by molar-refractivity contribution is -0.274. The fourth-order valence-electron chi connectivity index (χ4n) is 3.84. The Morgan fingerprint density at radius 1 is 1.07 bits per heavy atom. The number of nitrogens with one attached hydrogen (secondary N) is 2. The normalized spacial score (nSPS) is 12.1. The van der Waals surface area contributed by atoms with E-state index in [0.717, 1.165) is 22.4 Å². The maximum atomic E-state index is 12.4. The molecule has 218 valence electrons. The molecule has 0 aliphatic rings. The third kappa shape index (κ3) is 8.63. The number of aryl methyl sites for hydroxylation is 1. The second kappa shape index (κ2) is 13.6. The molecule has 13 heteroatoms. The van der Waals surface area contributed by atoms with Crippen LogP contribution in [0.5, 0.6) is 5.75 Å². The van der Waals surface area contributed by atoms with Crippen molar-refractivity contribution < 1.29 is 17.9 Å². The van der Waals surface area contributed by atoms with Crippen molar-refractivity contribution in [2.24, 2.45) is 10.1 Å². The Bertz CT molecular complexity index is 1580. The summed E-state index contributed by atoms with van der Waals surface area (Å²) >= 11 is 6.81. The van der Waals surface area contributed by atoms with Gasteiger partial charge in [-0.05, 0) is 78.3 Å². The topological polar surface area (TPSA) is 88.7 Å². The van der Waals surface area contributed by atoms with Gasteiger partial charge in [-0.15, -0.1) is 18.3 Å². The Morgan fingerprint density at radius 3 is 2.43 bits per heavy atom. The maximum Gasteiger partial charge on any atom is 0.573 e. The number of nitrogens with zero attached hydrogens (tertiary/aromatic N) is 5. The summed E-state index contributed by atoms with van der Waals surface area (Å²) in [5, 5.41) is 12.8. The van der Waals surface area contributed by atoms with Gasteiger partial charge in [-0.2, -0.15) is 10.1 Å². The van der Waals surface area contributed by atoms with E-state index in [0.29, 0.717) is 22.6 Å². The molecule has 0 aliphatic carbocycles. The van der Waals surface area contributed by atoms with Crippen molar-refractivity contribution in [3.63, 3.8) is 0 Å². The van der Waals surface area contributed by atoms with Gasteiger partial charge in [-0.25, -0.2) is 9.67 Å². The monoisotopic (exact) mass is 611 g/mol. The van der Waals surface area contributed by atoms with Gasteiger partial charge in [-0.1, -0.05) is 62.0 Å². The SMILES string of the molecule is CS/C(=N\C(=S)N/N=C/c1ccc(-c2ncn(-c3ccc(OC(F)(F)F)cc3)n2)cc1)Nc1cc(C)ccc1C(C)C. The molecule has 8 nitrogen and oxygen atoms in total. The summed E-state index contributed by atoms with van der Waals surface area (Å²) in [6.45, 7) is 6.33. The number of alkyl halides is 3. The van der Waals surface area contributed by atoms with Crippen molar-refractivity contribution in [1.82, 2.24) is 20.2 Å². The summed E-state index contributed by atoms with van der Waals surface area (Å²) in [5.74, 6) is 0.495. The molecule has 0 fully saturated rings. The number of aliphatic imine (C=N–C) groups is 1. The lowest BCUT2D eigenvalue weighted by Gasteiger charge is -2.16. The van der Waals surface area contributed by atoms with Crippen LogP contribution in [-0.4, -0.2) is 43.9 Å². The standard InChI is InChI=1S/C29H28F3N7OS2/c1-18(2)24-14-5-19(3)15-25(24)35-28(42-4)36-27(41)37-34-16-20-6-8-21(9-7-20)26-33-17-39(38-26)22-10-12-23(13-11-22)40-29(30,31)32/h5-18H,1-4H3,(H2,35,36,37,41)/b34-16+. The summed E-state index contributed by atoms with van der Waals surface area (Å²) in [6, 6.07) is 19.0. The average Bonchev–Trinajstić information content (AvgIpc) is 3.43. The van der Waals surface area contributed by atoms with E-state index in [-0.39, 0.29) is 10.9 Å². The van der Waals surface area contributed by atoms with Crippen molar-refractivity contribution in [1.29, 1.82) is 0 Å². The van der Waals surface area contributed by atoms with Crippen LogP contribution >= 0.6 is 24.0 Å². The van der Waals surface area contributed by atoms with Crippen molar-refractivity contribution in [3.8, 4) is 22.8 Å². The van der Waals surface area contributed by atoms with Crippen molar-refractivity contribution in [2.45, 2.75) is 33.1 Å². The number of hydrogen-bond acceptors (Lipinski definition) is 6. The first kappa shape index (κ1) is 30.7. The largest absolute Gasteiger partial charge is 0.573 e. The van der Waals surface area contributed by atoms with Gasteiger partial charge in [0.25, 0.3) is 0 Å². The maximum absolute atomic E-state index is 12.4. The predicted molar refractivity (Wildman–Crippen MR) is 167 cm³/mol. The molecular formula is C29H28F3N7OS2. The van der Waals surface area contributed by atoms with Crippen molar-refractivity contribution in [2.75, 3.05) is 11.6 Å². The fourth-order valence-corrected chi connectivity index (χ4v) is 4.44. The molecule has 42 heavy (non-hydrogen) atoms. The number of aromatic nitrogens is 3. The summed E-state index contributed by atoms with van der Waals surface area (Å²) in [5.41, 5.74) is 8.21. The molecule has 0 bridgehead atoms. The van der Waals surface area contributed by atoms with Crippen LogP contribution in [0.2, 0.25) is 0 Å². The molecule has 1 heterocycles. The smallest absolute Gasteiger partial charge is 0.406 e. The highest BCUT2D eigenvalue weighted by molar-refractivity contribution is 8.13. The number of hydrogen-bond donors (Lipinski definition) is 2. The predicted octanol–water partition coefficient (Wildman–Crippen LogP) is 7.30. The minimum atomic E-state index is -4.75. The Labute approximate surface area is 251 Å². The van der Waals surface area contributed by atoms with Gasteiger partial charge in [-0.3, -0.25) is 5.43 Å². The molecule has 1 aromatic heterocycles. The molecule has 2 N–H and O–H groups in total. The van der Waals surface area contributed by atoms with Gasteiger partial charge in [0.1, 0.15) is 12.1 Å². The van der Waals surface area contributed by atoms with Gasteiger partial charge in [0.15, 0.2) is 11.0 Å². The number of thiocarbonyl (C=S) groups is 1. The molecule has 0 radical (unpaired) electrons. The third-order valence-electron chi connectivity index (χ3n) is 5.84. The van der Waals surface area contributed by atoms with Gasteiger partial charge in [0.2, 0.25) is 5.11 Å². The summed E-state index contributed by atoms with van der Waals surface area (Å²) in [4.78, 5) is 8.75. The summed E-state index contributed by atoms with van der Waals surface area (Å²) < 4.78 is 42.5. The quantitative estimate of drug-likeness (QED) is 0.0981. The second-order valence-electron chi connectivity index (χ2n) is 9.34. The number of thioether (sulfide) groups is 1. The number of ether oxygens (including phenoxy) is 1. The molecule has 4 aromatic rings. The minimum Gasteiger partial charge on any atom is -0.406 e. The Kier molecular flexibility index (Phi) is 9.96. The molecule has 0 atom stereocenters. The van der Waals surface area contributed by atoms with Crippen LogP contribution in [-0.2, 0) is 0 Å². The first-order chi connectivity index (χ1) is 20.0. The molecule has 0 saturated heterocycles. The van der Waals surface area contributed by atoms with Crippen LogP contribution in [0.25, 0.3) is 17.1 Å². The summed E-state index contributed by atoms with van der Waals surface area (Å²) in [6.07, 6.45) is 0.275. The molecule has 0 aliphatic heterocycles. The van der Waals surface area contributed by atoms with Crippen LogP contribution in [0.1, 0.15) is 36.5 Å². The number of amidine groups is 1. The Hall–Kier alpha value is -4.23. The van der Waals surface area contributed by atoms with E-state index in [4.69, 9.17) is 12.2 Å². The lowest BCUT2D eigenvalue weighted by Crippen LogP contribution is -2.18. The third-order valence-corrected chi connectivity index (χ3v) is 6.60. The van der Waals surface area contributed by atoms with Crippen LogP contribution in [0.4, 0.5) is 18.9 Å². The summed E-state index contributed by atoms with van der Waals surface area (Å²) in [7, 11) is 0. The van der Waals surface area contributed by atoms with Gasteiger partial charge < -0.3 is 10.1 Å². The fraction of sp³-hybridized carbons (Fsp3) is 0.207. The average molecular weight is 612 g/mol. The molecule has 0 amide bonds. The number of benzene rings is 3. The van der Waals surface area contributed by atoms with E-state index in [9.17, 15) is 13.2 Å². The lowest BCUT2D eigenvalue weighted by atomic mass is 9.99. The zero-order valence-corrected chi connectivity index (χ0v) is 24.8. The number of hydrazone groups is 1. The van der Waals surface area contributed by atoms with E-state index in [1.807, 2.05) is 37.4 Å². The first-order valence-electron chi connectivity index (χ1n) is 12.7. The minimum absolute atomic E-state index is 0.214. The molecule has 0 saturated carbocycles. The van der Waals surface area contributed by atoms with E-state index < -0.39 is 6.36 Å². The first-order valence-corrected chi connectivity index (χ1v) is 14.4. The Morgan fingerprint density at radius 2 is 1.79 bits per heavy atom. The molecule has 0 spiro atoms. The zero-order valence-electron chi connectivity index (χ0n) is 23.2. The Balaban J connectivity index is 1.35. The van der Waals surface area contributed by atoms with Crippen LogP contribution in [0, 0.1) is 6.92 Å². The van der Waals surface area contributed by atoms with Crippen LogP contribution in [0.15, 0.2) is 83.2 Å². The molecule has 3 aromatic carbocycles. The van der Waals surface area contributed by atoms with E-state index in [1.54, 1.807) is 6.21 Å². The van der Waals surface area contributed by atoms with Crippen LogP contribution in [0.3, 0.4) is 0 Å². The molecular weight excluding hydrogens is 583 g/mol. The second-order valence-corrected chi connectivity index (χ2v) is 10.5. The molecule has 4 rings (SSSR count).